The van der Waals surface area contributed by atoms with Crippen molar-refractivity contribution in [3.05, 3.63) is 6.20 Å². The third-order valence-electron chi connectivity index (χ3n) is 2.39. The first kappa shape index (κ1) is 13.7. The molecule has 0 radical (unpaired) electrons. The molecule has 0 bridgehead atoms. The largest absolute Gasteiger partial charge is 0.355 e. The van der Waals surface area contributed by atoms with E-state index in [1.807, 2.05) is 0 Å². The molecule has 1 N–H and O–H groups in total. The Morgan fingerprint density at radius 3 is 2.41 bits per heavy atom. The van der Waals surface area contributed by atoms with E-state index in [2.05, 4.69) is 46.2 Å². The van der Waals surface area contributed by atoms with Gasteiger partial charge in [-0.2, -0.15) is 10.1 Å². The van der Waals surface area contributed by atoms with Gasteiger partial charge in [-0.15, -0.1) is 5.10 Å². The summed E-state index contributed by atoms with van der Waals surface area (Å²) in [5.41, 5.74) is 0. The summed E-state index contributed by atoms with van der Waals surface area (Å²) < 4.78 is 0. The van der Waals surface area contributed by atoms with Crippen LogP contribution in [0, 0.1) is 0 Å². The fourth-order valence-electron chi connectivity index (χ4n) is 1.64. The maximum absolute atomic E-state index is 4.49. The lowest BCUT2D eigenvalue weighted by molar-refractivity contribution is 0.727. The van der Waals surface area contributed by atoms with Crippen LogP contribution in [0.2, 0.25) is 0 Å². The highest BCUT2D eigenvalue weighted by Gasteiger charge is 2.07. The Hall–Kier alpha value is -1.39. The molecule has 0 aliphatic carbocycles. The van der Waals surface area contributed by atoms with Gasteiger partial charge in [-0.1, -0.05) is 20.8 Å². The summed E-state index contributed by atoms with van der Waals surface area (Å²) in [6.07, 6.45) is 5.02. The predicted octanol–water partition coefficient (Wildman–Crippen LogP) is 2.32. The minimum absolute atomic E-state index is 0.626. The number of hydrogen-bond acceptors (Lipinski definition) is 5. The highest BCUT2D eigenvalue weighted by molar-refractivity contribution is 5.39. The number of rotatable bonds is 8. The molecule has 1 rings (SSSR count). The van der Waals surface area contributed by atoms with Crippen LogP contribution >= 0.6 is 0 Å². The van der Waals surface area contributed by atoms with E-state index in [0.29, 0.717) is 5.95 Å². The van der Waals surface area contributed by atoms with Crippen molar-refractivity contribution in [1.29, 1.82) is 0 Å². The van der Waals surface area contributed by atoms with Crippen molar-refractivity contribution in [2.24, 2.45) is 0 Å². The Balaban J connectivity index is 2.72. The molecular weight excluding hydrogens is 214 g/mol. The topological polar surface area (TPSA) is 53.9 Å². The molecule has 0 aliphatic rings. The van der Waals surface area contributed by atoms with Crippen LogP contribution in [0.1, 0.15) is 40.0 Å². The van der Waals surface area contributed by atoms with Crippen LogP contribution in [-0.4, -0.2) is 34.8 Å². The Morgan fingerprint density at radius 2 is 1.82 bits per heavy atom. The van der Waals surface area contributed by atoms with Crippen molar-refractivity contribution in [2.75, 3.05) is 29.9 Å². The zero-order valence-corrected chi connectivity index (χ0v) is 11.1. The molecule has 0 spiro atoms. The van der Waals surface area contributed by atoms with Gasteiger partial charge < -0.3 is 10.2 Å². The second kappa shape index (κ2) is 7.81. The van der Waals surface area contributed by atoms with Crippen LogP contribution < -0.4 is 10.2 Å². The van der Waals surface area contributed by atoms with Gasteiger partial charge in [-0.05, 0) is 19.3 Å². The molecule has 0 saturated heterocycles. The van der Waals surface area contributed by atoms with E-state index in [9.17, 15) is 0 Å². The average Bonchev–Trinajstić information content (AvgIpc) is 2.36. The third kappa shape index (κ3) is 4.54. The standard InChI is InChI=1S/C12H23N5/c1-4-7-13-12-15-11(10-14-16-12)17(8-5-2)9-6-3/h10H,4-9H2,1-3H3,(H,13,15,16). The monoisotopic (exact) mass is 237 g/mol. The summed E-state index contributed by atoms with van der Waals surface area (Å²) in [5, 5.41) is 11.1. The molecule has 0 aliphatic heterocycles. The first-order valence-corrected chi connectivity index (χ1v) is 6.50. The Kier molecular flexibility index (Phi) is 6.29. The van der Waals surface area contributed by atoms with Crippen molar-refractivity contribution in [3.8, 4) is 0 Å². The minimum Gasteiger partial charge on any atom is -0.355 e. The first-order valence-electron chi connectivity index (χ1n) is 6.50. The second-order valence-corrected chi connectivity index (χ2v) is 4.05. The molecule has 0 atom stereocenters. The quantitative estimate of drug-likeness (QED) is 0.752. The maximum atomic E-state index is 4.49. The molecule has 5 nitrogen and oxygen atoms in total. The van der Waals surface area contributed by atoms with E-state index >= 15 is 0 Å². The van der Waals surface area contributed by atoms with Crippen LogP contribution in [0.5, 0.6) is 0 Å². The predicted molar refractivity (Wildman–Crippen MR) is 71.4 cm³/mol. The molecular formula is C12H23N5. The zero-order valence-electron chi connectivity index (χ0n) is 11.1. The highest BCUT2D eigenvalue weighted by atomic mass is 15.3. The molecule has 0 unspecified atom stereocenters. The zero-order chi connectivity index (χ0) is 12.5. The lowest BCUT2D eigenvalue weighted by atomic mass is 10.3. The van der Waals surface area contributed by atoms with Crippen LogP contribution in [0.4, 0.5) is 11.8 Å². The molecule has 17 heavy (non-hydrogen) atoms. The van der Waals surface area contributed by atoms with E-state index < -0.39 is 0 Å². The van der Waals surface area contributed by atoms with Gasteiger partial charge in [0.15, 0.2) is 5.82 Å². The molecule has 0 fully saturated rings. The smallest absolute Gasteiger partial charge is 0.244 e. The number of aromatic nitrogens is 3. The SMILES string of the molecule is CCCNc1nncc(N(CCC)CCC)n1. The summed E-state index contributed by atoms with van der Waals surface area (Å²) >= 11 is 0. The molecule has 5 heteroatoms. The lowest BCUT2D eigenvalue weighted by Gasteiger charge is -2.22. The van der Waals surface area contributed by atoms with Gasteiger partial charge in [0.25, 0.3) is 0 Å². The molecule has 0 aromatic carbocycles. The molecule has 1 heterocycles. The van der Waals surface area contributed by atoms with Gasteiger partial charge >= 0.3 is 0 Å². The highest BCUT2D eigenvalue weighted by Crippen LogP contribution is 2.11. The van der Waals surface area contributed by atoms with Gasteiger partial charge in [-0.3, -0.25) is 0 Å². The summed E-state index contributed by atoms with van der Waals surface area (Å²) in [4.78, 5) is 6.74. The van der Waals surface area contributed by atoms with Gasteiger partial charge in [0.1, 0.15) is 0 Å². The van der Waals surface area contributed by atoms with Crippen molar-refractivity contribution < 1.29 is 0 Å². The van der Waals surface area contributed by atoms with E-state index in [4.69, 9.17) is 0 Å². The summed E-state index contributed by atoms with van der Waals surface area (Å²) in [6.45, 7) is 9.37. The van der Waals surface area contributed by atoms with Gasteiger partial charge in [0, 0.05) is 19.6 Å². The lowest BCUT2D eigenvalue weighted by Crippen LogP contribution is -2.26. The Morgan fingerprint density at radius 1 is 1.12 bits per heavy atom. The first-order chi connectivity index (χ1) is 8.31. The van der Waals surface area contributed by atoms with Crippen LogP contribution in [-0.2, 0) is 0 Å². The number of hydrogen-bond donors (Lipinski definition) is 1. The van der Waals surface area contributed by atoms with Crippen molar-refractivity contribution in [3.63, 3.8) is 0 Å². The van der Waals surface area contributed by atoms with Gasteiger partial charge in [-0.25, -0.2) is 0 Å². The second-order valence-electron chi connectivity index (χ2n) is 4.05. The molecule has 1 aromatic heterocycles. The number of anilines is 2. The fraction of sp³-hybridized carbons (Fsp3) is 0.750. The van der Waals surface area contributed by atoms with Crippen LogP contribution in [0.3, 0.4) is 0 Å². The maximum Gasteiger partial charge on any atom is 0.244 e. The number of nitrogens with one attached hydrogen (secondary N) is 1. The van der Waals surface area contributed by atoms with E-state index in [0.717, 1.165) is 44.7 Å². The summed E-state index contributed by atoms with van der Waals surface area (Å²) in [7, 11) is 0. The molecule has 0 amide bonds. The molecule has 96 valence electrons. The summed E-state index contributed by atoms with van der Waals surface area (Å²) in [5.74, 6) is 1.55. The fourth-order valence-corrected chi connectivity index (χ4v) is 1.64. The van der Waals surface area contributed by atoms with Crippen LogP contribution in [0.15, 0.2) is 6.20 Å². The summed E-state index contributed by atoms with van der Waals surface area (Å²) in [6, 6.07) is 0. The average molecular weight is 237 g/mol. The van der Waals surface area contributed by atoms with E-state index in [1.165, 1.54) is 0 Å². The Bertz CT molecular complexity index is 310. The van der Waals surface area contributed by atoms with E-state index in [-0.39, 0.29) is 0 Å². The minimum atomic E-state index is 0.626. The Labute approximate surface area is 104 Å². The third-order valence-corrected chi connectivity index (χ3v) is 2.39. The van der Waals surface area contributed by atoms with Crippen molar-refractivity contribution >= 4 is 11.8 Å². The molecule has 0 saturated carbocycles. The molecule has 1 aromatic rings. The normalized spacial score (nSPS) is 10.3. The van der Waals surface area contributed by atoms with Crippen LogP contribution in [0.25, 0.3) is 0 Å². The van der Waals surface area contributed by atoms with Crippen molar-refractivity contribution in [2.45, 2.75) is 40.0 Å². The van der Waals surface area contributed by atoms with Gasteiger partial charge in [0.2, 0.25) is 5.95 Å². The van der Waals surface area contributed by atoms with Crippen molar-refractivity contribution in [1.82, 2.24) is 15.2 Å². The van der Waals surface area contributed by atoms with E-state index in [1.54, 1.807) is 6.20 Å². The van der Waals surface area contributed by atoms with Gasteiger partial charge in [0.05, 0.1) is 6.20 Å². The number of nitrogens with zero attached hydrogens (tertiary/aromatic N) is 4.